The van der Waals surface area contributed by atoms with E-state index >= 15 is 0 Å². The van der Waals surface area contributed by atoms with Crippen molar-refractivity contribution in [2.24, 2.45) is 5.73 Å². The van der Waals surface area contributed by atoms with Crippen LogP contribution in [-0.2, 0) is 4.74 Å². The van der Waals surface area contributed by atoms with Gasteiger partial charge in [0.1, 0.15) is 5.60 Å². The van der Waals surface area contributed by atoms with Crippen LogP contribution in [0.5, 0.6) is 0 Å². The van der Waals surface area contributed by atoms with Crippen LogP contribution in [0.1, 0.15) is 46.5 Å². The molecule has 7 N–H and O–H groups in total. The fraction of sp³-hybridized carbons (Fsp3) is 0.933. The second-order valence-electron chi connectivity index (χ2n) is 6.15. The van der Waals surface area contributed by atoms with E-state index in [-0.39, 0.29) is 38.5 Å². The molecule has 0 saturated heterocycles. The number of hydrogen-bond donors (Lipinski definition) is 6. The molecule has 0 fully saturated rings. The van der Waals surface area contributed by atoms with E-state index in [4.69, 9.17) is 30.9 Å². The van der Waals surface area contributed by atoms with Crippen molar-refractivity contribution in [1.29, 1.82) is 0 Å². The zero-order valence-corrected chi connectivity index (χ0v) is 14.5. The number of nitrogens with two attached hydrogens (primary N) is 1. The maximum atomic E-state index is 11.3. The van der Waals surface area contributed by atoms with Gasteiger partial charge in [-0.15, -0.1) is 0 Å². The first kappa shape index (κ1) is 24.3. The first-order chi connectivity index (χ1) is 10.7. The fourth-order valence-electron chi connectivity index (χ4n) is 1.55. The van der Waals surface area contributed by atoms with Gasteiger partial charge in [-0.3, -0.25) is 0 Å². The Bertz CT molecular complexity index is 272. The third-order valence-electron chi connectivity index (χ3n) is 2.68. The summed E-state index contributed by atoms with van der Waals surface area (Å²) in [6.45, 7) is 5.50. The first-order valence-corrected chi connectivity index (χ1v) is 7.88. The molecule has 0 aromatic carbocycles. The zero-order chi connectivity index (χ0) is 18.3. The molecule has 1 amide bonds. The largest absolute Gasteiger partial charge is 0.444 e. The van der Waals surface area contributed by atoms with E-state index in [0.717, 1.165) is 0 Å². The van der Waals surface area contributed by atoms with E-state index in [2.05, 4.69) is 5.32 Å². The molecule has 0 aliphatic heterocycles. The summed E-state index contributed by atoms with van der Waals surface area (Å²) in [5.41, 5.74) is 4.84. The Morgan fingerprint density at radius 3 is 1.65 bits per heavy atom. The Morgan fingerprint density at radius 1 is 0.957 bits per heavy atom. The van der Waals surface area contributed by atoms with Crippen LogP contribution < -0.4 is 11.1 Å². The van der Waals surface area contributed by atoms with Gasteiger partial charge in [0.25, 0.3) is 0 Å². The van der Waals surface area contributed by atoms with Gasteiger partial charge in [-0.25, -0.2) is 4.79 Å². The molecule has 8 nitrogen and oxygen atoms in total. The van der Waals surface area contributed by atoms with Crippen LogP contribution in [0, 0.1) is 0 Å². The van der Waals surface area contributed by atoms with Crippen LogP contribution in [0.4, 0.5) is 4.79 Å². The summed E-state index contributed by atoms with van der Waals surface area (Å²) in [5.74, 6) is 0. The summed E-state index contributed by atoms with van der Waals surface area (Å²) in [6, 6.07) is -0.278. The Balaban J connectivity index is 0. The number of alkyl carbamates (subject to hydrolysis) is 1. The molecule has 8 heteroatoms. The normalized spacial score (nSPS) is 11.2. The predicted molar refractivity (Wildman–Crippen MR) is 87.9 cm³/mol. The lowest BCUT2D eigenvalue weighted by Crippen LogP contribution is -2.40. The molecule has 0 unspecified atom stereocenters. The Morgan fingerprint density at radius 2 is 1.35 bits per heavy atom. The standard InChI is InChI=1S/C10H21NO4.C5H13NO2/c1-10(2,3)15-9(14)11-8(4-6-12)5-7-13;6-5(1-3-7)2-4-8/h8,12-13H,4-7H2,1-3H3,(H,11,14);5,7-8H,1-4,6H2. The van der Waals surface area contributed by atoms with Crippen LogP contribution in [0.25, 0.3) is 0 Å². The average Bonchev–Trinajstić information content (AvgIpc) is 2.38. The van der Waals surface area contributed by atoms with Crippen LogP contribution in [0.3, 0.4) is 0 Å². The molecule has 23 heavy (non-hydrogen) atoms. The smallest absolute Gasteiger partial charge is 0.407 e. The van der Waals surface area contributed by atoms with Crippen molar-refractivity contribution < 1.29 is 30.0 Å². The summed E-state index contributed by atoms with van der Waals surface area (Å²) in [6.07, 6.45) is 1.48. The second kappa shape index (κ2) is 14.6. The molecule has 0 spiro atoms. The highest BCUT2D eigenvalue weighted by Crippen LogP contribution is 2.07. The van der Waals surface area contributed by atoms with Gasteiger partial charge < -0.3 is 36.2 Å². The molecule has 0 heterocycles. The summed E-state index contributed by atoms with van der Waals surface area (Å²) in [5, 5.41) is 36.7. The maximum Gasteiger partial charge on any atom is 0.407 e. The Kier molecular flexibility index (Phi) is 15.5. The SMILES string of the molecule is CC(C)(C)OC(=O)NC(CCO)CCO.NC(CCO)CCO. The van der Waals surface area contributed by atoms with Gasteiger partial charge >= 0.3 is 6.09 Å². The highest BCUT2D eigenvalue weighted by Gasteiger charge is 2.18. The van der Waals surface area contributed by atoms with Gasteiger partial charge in [0.2, 0.25) is 0 Å². The van der Waals surface area contributed by atoms with Crippen molar-refractivity contribution in [3.63, 3.8) is 0 Å². The topological polar surface area (TPSA) is 145 Å². The molecule has 0 aliphatic rings. The third-order valence-corrected chi connectivity index (χ3v) is 2.68. The van der Waals surface area contributed by atoms with Gasteiger partial charge in [-0.05, 0) is 46.5 Å². The molecule has 0 rings (SSSR count). The van der Waals surface area contributed by atoms with Crippen molar-refractivity contribution >= 4 is 6.09 Å². The fourth-order valence-corrected chi connectivity index (χ4v) is 1.55. The van der Waals surface area contributed by atoms with Gasteiger partial charge in [0.05, 0.1) is 0 Å². The van der Waals surface area contributed by atoms with E-state index in [9.17, 15) is 4.79 Å². The zero-order valence-electron chi connectivity index (χ0n) is 14.5. The minimum absolute atomic E-state index is 0.0273. The first-order valence-electron chi connectivity index (χ1n) is 7.88. The molecular weight excluding hydrogens is 304 g/mol. The number of carbonyl (C=O) groups is 1. The van der Waals surface area contributed by atoms with E-state index in [0.29, 0.717) is 25.7 Å². The monoisotopic (exact) mass is 338 g/mol. The molecule has 0 radical (unpaired) electrons. The van der Waals surface area contributed by atoms with Crippen molar-refractivity contribution in [3.8, 4) is 0 Å². The van der Waals surface area contributed by atoms with Crippen LogP contribution in [0.2, 0.25) is 0 Å². The van der Waals surface area contributed by atoms with Crippen molar-refractivity contribution in [2.45, 2.75) is 64.1 Å². The van der Waals surface area contributed by atoms with Crippen LogP contribution in [0.15, 0.2) is 0 Å². The van der Waals surface area contributed by atoms with Gasteiger partial charge in [-0.1, -0.05) is 0 Å². The number of ether oxygens (including phenoxy) is 1. The van der Waals surface area contributed by atoms with E-state index in [1.54, 1.807) is 20.8 Å². The lowest BCUT2D eigenvalue weighted by atomic mass is 10.1. The quantitative estimate of drug-likeness (QED) is 0.339. The molecule has 0 aliphatic carbocycles. The number of nitrogens with one attached hydrogen (secondary N) is 1. The number of aliphatic hydroxyl groups is 4. The lowest BCUT2D eigenvalue weighted by molar-refractivity contribution is 0.0489. The Labute approximate surface area is 138 Å². The summed E-state index contributed by atoms with van der Waals surface area (Å²) in [4.78, 5) is 11.3. The lowest BCUT2D eigenvalue weighted by Gasteiger charge is -2.23. The van der Waals surface area contributed by atoms with Crippen LogP contribution >= 0.6 is 0 Å². The van der Waals surface area contributed by atoms with Crippen molar-refractivity contribution in [1.82, 2.24) is 5.32 Å². The summed E-state index contributed by atoms with van der Waals surface area (Å²) in [7, 11) is 0. The van der Waals surface area contributed by atoms with Gasteiger partial charge in [-0.2, -0.15) is 0 Å². The second-order valence-corrected chi connectivity index (χ2v) is 6.15. The molecular formula is C15H34N2O6. The Hall–Kier alpha value is -0.930. The van der Waals surface area contributed by atoms with Crippen LogP contribution in [-0.4, -0.2) is 70.6 Å². The molecule has 140 valence electrons. The molecule has 0 bridgehead atoms. The molecule has 0 saturated carbocycles. The third kappa shape index (κ3) is 19.0. The number of aliphatic hydroxyl groups excluding tert-OH is 4. The van der Waals surface area contributed by atoms with Crippen molar-refractivity contribution in [3.05, 3.63) is 0 Å². The number of rotatable bonds is 9. The van der Waals surface area contributed by atoms with E-state index in [1.165, 1.54) is 0 Å². The number of carbonyl (C=O) groups excluding carboxylic acids is 1. The summed E-state index contributed by atoms with van der Waals surface area (Å²) >= 11 is 0. The number of amides is 1. The van der Waals surface area contributed by atoms with Gasteiger partial charge in [0, 0.05) is 38.5 Å². The van der Waals surface area contributed by atoms with Crippen molar-refractivity contribution in [2.75, 3.05) is 26.4 Å². The average molecular weight is 338 g/mol. The minimum atomic E-state index is -0.535. The summed E-state index contributed by atoms with van der Waals surface area (Å²) < 4.78 is 5.05. The number of hydrogen-bond acceptors (Lipinski definition) is 7. The maximum absolute atomic E-state index is 11.3. The molecule has 0 aromatic heterocycles. The predicted octanol–water partition coefficient (Wildman–Crippen LogP) is -0.277. The van der Waals surface area contributed by atoms with E-state index in [1.807, 2.05) is 0 Å². The van der Waals surface area contributed by atoms with E-state index < -0.39 is 11.7 Å². The highest BCUT2D eigenvalue weighted by atomic mass is 16.6. The highest BCUT2D eigenvalue weighted by molar-refractivity contribution is 5.68. The minimum Gasteiger partial charge on any atom is -0.444 e. The molecule has 0 aromatic rings. The van der Waals surface area contributed by atoms with Gasteiger partial charge in [0.15, 0.2) is 0 Å². The molecule has 0 atom stereocenters.